The number of nitrogens with one attached hydrogen (secondary N) is 1. The SMILES string of the molecule is CCOCC(=O)Nc1ccc([N+](=O)[O-])c(Br)c1. The zero-order valence-electron chi connectivity index (χ0n) is 9.10. The summed E-state index contributed by atoms with van der Waals surface area (Å²) in [6.45, 7) is 2.21. The van der Waals surface area contributed by atoms with Crippen molar-refractivity contribution >= 4 is 33.2 Å². The second-order valence-corrected chi connectivity index (χ2v) is 3.96. The molecule has 1 aromatic carbocycles. The first-order chi connectivity index (χ1) is 8.04. The molecule has 0 atom stereocenters. The molecule has 0 aliphatic rings. The highest BCUT2D eigenvalue weighted by Crippen LogP contribution is 2.27. The van der Waals surface area contributed by atoms with Crippen molar-refractivity contribution in [1.82, 2.24) is 0 Å². The van der Waals surface area contributed by atoms with Crippen LogP contribution in [0.1, 0.15) is 6.92 Å². The highest BCUT2D eigenvalue weighted by atomic mass is 79.9. The van der Waals surface area contributed by atoms with Crippen LogP contribution in [0, 0.1) is 10.1 Å². The number of ether oxygens (including phenoxy) is 1. The fraction of sp³-hybridized carbons (Fsp3) is 0.300. The number of nitro groups is 1. The first kappa shape index (κ1) is 13.6. The number of halogens is 1. The molecule has 0 saturated heterocycles. The van der Waals surface area contributed by atoms with E-state index in [0.717, 1.165) is 0 Å². The lowest BCUT2D eigenvalue weighted by Crippen LogP contribution is -2.18. The van der Waals surface area contributed by atoms with Gasteiger partial charge in [0.05, 0.1) is 9.40 Å². The first-order valence-corrected chi connectivity index (χ1v) is 5.65. The predicted molar refractivity (Wildman–Crippen MR) is 65.9 cm³/mol. The number of rotatable bonds is 5. The Balaban J connectivity index is 2.70. The standard InChI is InChI=1S/C10H11BrN2O4/c1-2-17-6-10(14)12-7-3-4-9(13(15)16)8(11)5-7/h3-5H,2,6H2,1H3,(H,12,14). The summed E-state index contributed by atoms with van der Waals surface area (Å²) in [6.07, 6.45) is 0. The average Bonchev–Trinajstić information content (AvgIpc) is 2.26. The molecule has 0 aromatic heterocycles. The number of carbonyl (C=O) groups excluding carboxylic acids is 1. The lowest BCUT2D eigenvalue weighted by atomic mass is 10.3. The molecule has 6 nitrogen and oxygen atoms in total. The average molecular weight is 303 g/mol. The van der Waals surface area contributed by atoms with Crippen molar-refractivity contribution in [3.05, 3.63) is 32.8 Å². The zero-order valence-corrected chi connectivity index (χ0v) is 10.7. The van der Waals surface area contributed by atoms with E-state index in [1.165, 1.54) is 18.2 Å². The summed E-state index contributed by atoms with van der Waals surface area (Å²) in [5.74, 6) is -0.299. The second-order valence-electron chi connectivity index (χ2n) is 3.11. The Morgan fingerprint density at radius 2 is 2.29 bits per heavy atom. The molecule has 0 heterocycles. The molecular weight excluding hydrogens is 292 g/mol. The number of hydrogen-bond acceptors (Lipinski definition) is 4. The van der Waals surface area contributed by atoms with Gasteiger partial charge in [0.2, 0.25) is 5.91 Å². The van der Waals surface area contributed by atoms with Gasteiger partial charge in [-0.05, 0) is 35.0 Å². The van der Waals surface area contributed by atoms with Gasteiger partial charge in [-0.1, -0.05) is 0 Å². The number of nitrogens with zero attached hydrogens (tertiary/aromatic N) is 1. The van der Waals surface area contributed by atoms with E-state index in [0.29, 0.717) is 16.8 Å². The quantitative estimate of drug-likeness (QED) is 0.668. The Hall–Kier alpha value is -1.47. The minimum absolute atomic E-state index is 0.0366. The molecule has 1 rings (SSSR count). The molecule has 0 spiro atoms. The van der Waals surface area contributed by atoms with Gasteiger partial charge in [-0.25, -0.2) is 0 Å². The maximum absolute atomic E-state index is 11.3. The number of benzene rings is 1. The second kappa shape index (κ2) is 6.31. The number of amides is 1. The predicted octanol–water partition coefficient (Wildman–Crippen LogP) is 2.33. The molecule has 1 N–H and O–H groups in total. The molecular formula is C10H11BrN2O4. The van der Waals surface area contributed by atoms with Crippen molar-refractivity contribution < 1.29 is 14.5 Å². The fourth-order valence-electron chi connectivity index (χ4n) is 1.12. The maximum atomic E-state index is 11.3. The largest absolute Gasteiger partial charge is 0.372 e. The van der Waals surface area contributed by atoms with Gasteiger partial charge in [0.1, 0.15) is 6.61 Å². The van der Waals surface area contributed by atoms with Crippen LogP contribution in [0.3, 0.4) is 0 Å². The van der Waals surface area contributed by atoms with Crippen LogP contribution in [-0.4, -0.2) is 24.0 Å². The Labute approximate surface area is 106 Å². The highest BCUT2D eigenvalue weighted by molar-refractivity contribution is 9.10. The summed E-state index contributed by atoms with van der Waals surface area (Å²) < 4.78 is 5.24. The van der Waals surface area contributed by atoms with Crippen LogP contribution >= 0.6 is 15.9 Å². The van der Waals surface area contributed by atoms with Crippen LogP contribution in [-0.2, 0) is 9.53 Å². The molecule has 0 saturated carbocycles. The molecule has 1 amide bonds. The van der Waals surface area contributed by atoms with E-state index in [9.17, 15) is 14.9 Å². The summed E-state index contributed by atoms with van der Waals surface area (Å²) in [6, 6.07) is 4.26. The Morgan fingerprint density at radius 3 is 2.82 bits per heavy atom. The molecule has 0 radical (unpaired) electrons. The van der Waals surface area contributed by atoms with Gasteiger partial charge in [0, 0.05) is 18.4 Å². The molecule has 17 heavy (non-hydrogen) atoms. The number of carbonyl (C=O) groups is 1. The van der Waals surface area contributed by atoms with Crippen molar-refractivity contribution in [3.63, 3.8) is 0 Å². The lowest BCUT2D eigenvalue weighted by molar-refractivity contribution is -0.385. The third kappa shape index (κ3) is 4.12. The van der Waals surface area contributed by atoms with Crippen LogP contribution < -0.4 is 5.32 Å². The van der Waals surface area contributed by atoms with Gasteiger partial charge < -0.3 is 10.1 Å². The number of hydrogen-bond donors (Lipinski definition) is 1. The molecule has 0 bridgehead atoms. The van der Waals surface area contributed by atoms with E-state index < -0.39 is 4.92 Å². The van der Waals surface area contributed by atoms with Crippen LogP contribution in [0.2, 0.25) is 0 Å². The molecule has 0 fully saturated rings. The Morgan fingerprint density at radius 1 is 1.59 bits per heavy atom. The summed E-state index contributed by atoms with van der Waals surface area (Å²) in [5, 5.41) is 13.1. The van der Waals surface area contributed by atoms with Crippen molar-refractivity contribution in [2.24, 2.45) is 0 Å². The van der Waals surface area contributed by atoms with Crippen LogP contribution in [0.5, 0.6) is 0 Å². The molecule has 0 aliphatic heterocycles. The van der Waals surface area contributed by atoms with Gasteiger partial charge in [-0.2, -0.15) is 0 Å². The van der Waals surface area contributed by atoms with E-state index in [4.69, 9.17) is 4.74 Å². The van der Waals surface area contributed by atoms with Crippen LogP contribution in [0.4, 0.5) is 11.4 Å². The van der Waals surface area contributed by atoms with Crippen molar-refractivity contribution in [2.45, 2.75) is 6.92 Å². The summed E-state index contributed by atoms with van der Waals surface area (Å²) in [7, 11) is 0. The van der Waals surface area contributed by atoms with Crippen molar-refractivity contribution in [3.8, 4) is 0 Å². The Kier molecular flexibility index (Phi) is 5.05. The molecule has 0 aliphatic carbocycles. The normalized spacial score (nSPS) is 10.0. The van der Waals surface area contributed by atoms with Gasteiger partial charge in [-0.15, -0.1) is 0 Å². The molecule has 1 aromatic rings. The Bertz CT molecular complexity index is 436. The first-order valence-electron chi connectivity index (χ1n) is 4.86. The summed E-state index contributed by atoms with van der Waals surface area (Å²) in [4.78, 5) is 21.4. The van der Waals surface area contributed by atoms with E-state index in [2.05, 4.69) is 21.2 Å². The topological polar surface area (TPSA) is 81.5 Å². The summed E-state index contributed by atoms with van der Waals surface area (Å²) in [5.41, 5.74) is 0.431. The minimum atomic E-state index is -0.504. The van der Waals surface area contributed by atoms with Gasteiger partial charge >= 0.3 is 0 Å². The smallest absolute Gasteiger partial charge is 0.283 e. The number of anilines is 1. The third-order valence-corrected chi connectivity index (χ3v) is 2.50. The van der Waals surface area contributed by atoms with E-state index >= 15 is 0 Å². The molecule has 7 heteroatoms. The third-order valence-electron chi connectivity index (χ3n) is 1.87. The zero-order chi connectivity index (χ0) is 12.8. The number of nitro benzene ring substituents is 1. The van der Waals surface area contributed by atoms with Gasteiger partial charge in [-0.3, -0.25) is 14.9 Å². The van der Waals surface area contributed by atoms with Gasteiger partial charge in [0.15, 0.2) is 0 Å². The highest BCUT2D eigenvalue weighted by Gasteiger charge is 2.12. The monoisotopic (exact) mass is 302 g/mol. The lowest BCUT2D eigenvalue weighted by Gasteiger charge is -2.05. The maximum Gasteiger partial charge on any atom is 0.283 e. The molecule has 0 unspecified atom stereocenters. The van der Waals surface area contributed by atoms with Crippen LogP contribution in [0.15, 0.2) is 22.7 Å². The van der Waals surface area contributed by atoms with E-state index in [1.807, 2.05) is 0 Å². The van der Waals surface area contributed by atoms with Crippen molar-refractivity contribution in [2.75, 3.05) is 18.5 Å². The van der Waals surface area contributed by atoms with Crippen molar-refractivity contribution in [1.29, 1.82) is 0 Å². The van der Waals surface area contributed by atoms with Crippen LogP contribution in [0.25, 0.3) is 0 Å². The fourth-order valence-corrected chi connectivity index (χ4v) is 1.65. The van der Waals surface area contributed by atoms with E-state index in [-0.39, 0.29) is 18.2 Å². The minimum Gasteiger partial charge on any atom is -0.372 e. The van der Waals surface area contributed by atoms with E-state index in [1.54, 1.807) is 6.92 Å². The molecule has 92 valence electrons. The summed E-state index contributed by atoms with van der Waals surface area (Å²) >= 11 is 3.07. The van der Waals surface area contributed by atoms with Gasteiger partial charge in [0.25, 0.3) is 5.69 Å².